The summed E-state index contributed by atoms with van der Waals surface area (Å²) in [6.07, 6.45) is 3.78. The maximum Gasteiger partial charge on any atom is 0.147 e. The molecule has 26 heavy (non-hydrogen) atoms. The number of hydrogen-bond acceptors (Lipinski definition) is 5. The SMILES string of the molecule is O=C1Cc2cc(OCc3ccccc3)ccc2C2Sc3cncnc3C12. The number of nitrogens with zero attached hydrogens (tertiary/aromatic N) is 2. The average Bonchev–Trinajstić information content (AvgIpc) is 3.07. The van der Waals surface area contributed by atoms with Gasteiger partial charge in [0.25, 0.3) is 0 Å². The quantitative estimate of drug-likeness (QED) is 0.703. The molecular formula is C21H16N2O2S. The smallest absolute Gasteiger partial charge is 0.147 e. The largest absolute Gasteiger partial charge is 0.489 e. The summed E-state index contributed by atoms with van der Waals surface area (Å²) in [5.41, 5.74) is 4.29. The van der Waals surface area contributed by atoms with Crippen LogP contribution in [0.2, 0.25) is 0 Å². The van der Waals surface area contributed by atoms with Crippen molar-refractivity contribution in [2.24, 2.45) is 0 Å². The summed E-state index contributed by atoms with van der Waals surface area (Å²) in [6, 6.07) is 16.2. The lowest BCUT2D eigenvalue weighted by Gasteiger charge is -2.26. The Balaban J connectivity index is 1.42. The number of aromatic nitrogens is 2. The van der Waals surface area contributed by atoms with Crippen molar-refractivity contribution < 1.29 is 9.53 Å². The molecule has 1 aromatic heterocycles. The molecule has 2 unspecified atom stereocenters. The monoisotopic (exact) mass is 360 g/mol. The highest BCUT2D eigenvalue weighted by Gasteiger charge is 2.44. The van der Waals surface area contributed by atoms with Gasteiger partial charge in [0, 0.05) is 17.5 Å². The van der Waals surface area contributed by atoms with Crippen molar-refractivity contribution in [2.75, 3.05) is 0 Å². The molecule has 5 heteroatoms. The van der Waals surface area contributed by atoms with Crippen molar-refractivity contribution in [1.29, 1.82) is 0 Å². The van der Waals surface area contributed by atoms with Crippen LogP contribution in [0.15, 0.2) is 66.0 Å². The fourth-order valence-corrected chi connectivity index (χ4v) is 5.17. The molecule has 2 aromatic carbocycles. The van der Waals surface area contributed by atoms with E-state index in [9.17, 15) is 4.79 Å². The molecule has 2 heterocycles. The fraction of sp³-hybridized carbons (Fsp3) is 0.190. The van der Waals surface area contributed by atoms with Gasteiger partial charge in [-0.3, -0.25) is 4.79 Å². The standard InChI is InChI=1S/C21H16N2O2S/c24-17-9-14-8-15(25-11-13-4-2-1-3-5-13)6-7-16(14)21-19(17)20-18(26-21)10-22-12-23-20/h1-8,10,12,19,21H,9,11H2. The molecule has 0 amide bonds. The lowest BCUT2D eigenvalue weighted by molar-refractivity contribution is -0.120. The highest BCUT2D eigenvalue weighted by Crippen LogP contribution is 2.56. The number of fused-ring (bicyclic) bond motifs is 5. The molecule has 5 rings (SSSR count). The summed E-state index contributed by atoms with van der Waals surface area (Å²) in [5.74, 6) is 0.883. The average molecular weight is 360 g/mol. The number of hydrogen-bond donors (Lipinski definition) is 0. The first kappa shape index (κ1) is 15.6. The van der Waals surface area contributed by atoms with Crippen LogP contribution in [0, 0.1) is 0 Å². The number of benzene rings is 2. The Hall–Kier alpha value is -2.66. The molecule has 1 aliphatic heterocycles. The van der Waals surface area contributed by atoms with Gasteiger partial charge in [0.2, 0.25) is 0 Å². The van der Waals surface area contributed by atoms with E-state index in [0.717, 1.165) is 27.5 Å². The highest BCUT2D eigenvalue weighted by atomic mass is 32.2. The minimum absolute atomic E-state index is 0.0983. The minimum Gasteiger partial charge on any atom is -0.489 e. The lowest BCUT2D eigenvalue weighted by atomic mass is 9.81. The van der Waals surface area contributed by atoms with Crippen molar-refractivity contribution in [3.8, 4) is 5.75 Å². The van der Waals surface area contributed by atoms with Crippen LogP contribution in [0.4, 0.5) is 0 Å². The van der Waals surface area contributed by atoms with Gasteiger partial charge in [-0.1, -0.05) is 36.4 Å². The minimum atomic E-state index is -0.151. The molecule has 0 saturated heterocycles. The van der Waals surface area contributed by atoms with Crippen molar-refractivity contribution in [3.63, 3.8) is 0 Å². The molecule has 3 aromatic rings. The molecule has 0 saturated carbocycles. The van der Waals surface area contributed by atoms with Crippen LogP contribution in [-0.2, 0) is 17.8 Å². The van der Waals surface area contributed by atoms with E-state index < -0.39 is 0 Å². The van der Waals surface area contributed by atoms with Gasteiger partial charge < -0.3 is 4.74 Å². The first-order chi connectivity index (χ1) is 12.8. The summed E-state index contributed by atoms with van der Waals surface area (Å²) in [5, 5.41) is 0.0983. The van der Waals surface area contributed by atoms with Gasteiger partial charge in [-0.15, -0.1) is 11.8 Å². The third-order valence-corrected chi connectivity index (χ3v) is 6.29. The highest BCUT2D eigenvalue weighted by molar-refractivity contribution is 8.00. The Morgan fingerprint density at radius 3 is 2.92 bits per heavy atom. The second-order valence-electron chi connectivity index (χ2n) is 6.57. The number of thioether (sulfide) groups is 1. The zero-order valence-electron chi connectivity index (χ0n) is 14.0. The molecule has 0 N–H and O–H groups in total. The number of rotatable bonds is 3. The second-order valence-corrected chi connectivity index (χ2v) is 7.75. The van der Waals surface area contributed by atoms with E-state index in [-0.39, 0.29) is 17.0 Å². The molecule has 128 valence electrons. The molecule has 4 nitrogen and oxygen atoms in total. The molecule has 0 radical (unpaired) electrons. The van der Waals surface area contributed by atoms with Gasteiger partial charge >= 0.3 is 0 Å². The normalized spacial score (nSPS) is 20.2. The van der Waals surface area contributed by atoms with E-state index in [2.05, 4.69) is 16.0 Å². The van der Waals surface area contributed by atoms with Crippen LogP contribution in [0.25, 0.3) is 0 Å². The first-order valence-electron chi connectivity index (χ1n) is 8.58. The van der Waals surface area contributed by atoms with E-state index in [1.807, 2.05) is 48.7 Å². The summed E-state index contributed by atoms with van der Waals surface area (Å²) in [6.45, 7) is 0.523. The van der Waals surface area contributed by atoms with Gasteiger partial charge in [-0.25, -0.2) is 9.97 Å². The molecule has 0 spiro atoms. The third kappa shape index (κ3) is 2.59. The van der Waals surface area contributed by atoms with Gasteiger partial charge in [-0.2, -0.15) is 0 Å². The topological polar surface area (TPSA) is 52.1 Å². The molecule has 0 bridgehead atoms. The predicted octanol–water partition coefficient (Wildman–Crippen LogP) is 4.11. The van der Waals surface area contributed by atoms with Crippen molar-refractivity contribution in [1.82, 2.24) is 9.97 Å². The fourth-order valence-electron chi connectivity index (χ4n) is 3.70. The van der Waals surface area contributed by atoms with Gasteiger partial charge in [0.1, 0.15) is 24.5 Å². The molecule has 1 aliphatic carbocycles. The zero-order valence-corrected chi connectivity index (χ0v) is 14.8. The number of ketones is 1. The van der Waals surface area contributed by atoms with Crippen molar-refractivity contribution in [3.05, 3.63) is 83.4 Å². The van der Waals surface area contributed by atoms with Crippen molar-refractivity contribution >= 4 is 17.5 Å². The Morgan fingerprint density at radius 2 is 2.04 bits per heavy atom. The number of carbonyl (C=O) groups excluding carboxylic acids is 1. The Labute approximate surface area is 155 Å². The van der Waals surface area contributed by atoms with Crippen LogP contribution in [0.1, 0.15) is 33.6 Å². The molecular weight excluding hydrogens is 344 g/mol. The molecule has 0 fully saturated rings. The maximum absolute atomic E-state index is 12.8. The number of Topliss-reactive ketones (excluding diaryl/α,β-unsaturated/α-hetero) is 1. The third-order valence-electron chi connectivity index (χ3n) is 4.94. The van der Waals surface area contributed by atoms with E-state index in [1.165, 1.54) is 11.9 Å². The summed E-state index contributed by atoms with van der Waals surface area (Å²) >= 11 is 1.70. The van der Waals surface area contributed by atoms with Crippen LogP contribution in [0.5, 0.6) is 5.75 Å². The molecule has 2 atom stereocenters. The second kappa shape index (κ2) is 6.25. The van der Waals surface area contributed by atoms with E-state index in [4.69, 9.17) is 4.74 Å². The van der Waals surface area contributed by atoms with Crippen LogP contribution in [-0.4, -0.2) is 15.8 Å². The molecule has 2 aliphatic rings. The first-order valence-corrected chi connectivity index (χ1v) is 9.46. The Bertz CT molecular complexity index is 990. The van der Waals surface area contributed by atoms with E-state index in [1.54, 1.807) is 11.8 Å². The summed E-state index contributed by atoms with van der Waals surface area (Å²) in [4.78, 5) is 22.3. The zero-order chi connectivity index (χ0) is 17.5. The van der Waals surface area contributed by atoms with Crippen LogP contribution >= 0.6 is 11.8 Å². The lowest BCUT2D eigenvalue weighted by Crippen LogP contribution is -2.24. The maximum atomic E-state index is 12.8. The van der Waals surface area contributed by atoms with Gasteiger partial charge in [-0.05, 0) is 28.8 Å². The number of ether oxygens (including phenoxy) is 1. The van der Waals surface area contributed by atoms with E-state index in [0.29, 0.717) is 13.0 Å². The van der Waals surface area contributed by atoms with Crippen molar-refractivity contribution in [2.45, 2.75) is 29.1 Å². The van der Waals surface area contributed by atoms with Gasteiger partial charge in [0.05, 0.1) is 16.9 Å². The van der Waals surface area contributed by atoms with E-state index >= 15 is 0 Å². The summed E-state index contributed by atoms with van der Waals surface area (Å²) in [7, 11) is 0. The number of carbonyl (C=O) groups is 1. The van der Waals surface area contributed by atoms with Crippen LogP contribution in [0.3, 0.4) is 0 Å². The Morgan fingerprint density at radius 1 is 1.15 bits per heavy atom. The Kier molecular flexibility index (Phi) is 3.75. The predicted molar refractivity (Wildman–Crippen MR) is 99.3 cm³/mol. The van der Waals surface area contributed by atoms with Crippen LogP contribution < -0.4 is 4.74 Å². The summed E-state index contributed by atoms with van der Waals surface area (Å²) < 4.78 is 5.93. The van der Waals surface area contributed by atoms with Gasteiger partial charge in [0.15, 0.2) is 0 Å².